The van der Waals surface area contributed by atoms with Crippen LogP contribution < -0.4 is 5.32 Å². The summed E-state index contributed by atoms with van der Waals surface area (Å²) >= 11 is 0. The van der Waals surface area contributed by atoms with Gasteiger partial charge in [-0.1, -0.05) is 17.2 Å². The third kappa shape index (κ3) is 4.69. The average molecular weight is 288 g/mol. The second kappa shape index (κ2) is 7.55. The molecule has 1 N–H and O–H groups in total. The van der Waals surface area contributed by atoms with E-state index in [1.807, 2.05) is 19.9 Å². The Balaban J connectivity index is 2.91. The zero-order chi connectivity index (χ0) is 16.0. The second-order valence-corrected chi connectivity index (χ2v) is 5.17. The van der Waals surface area contributed by atoms with E-state index in [0.717, 1.165) is 11.1 Å². The van der Waals surface area contributed by atoms with Gasteiger partial charge in [0.05, 0.1) is 12.7 Å². The Kier molecular flexibility index (Phi) is 6.07. The Bertz CT molecular complexity index is 555. The van der Waals surface area contributed by atoms with E-state index in [2.05, 4.69) is 5.32 Å². The molecule has 0 heterocycles. The molecule has 0 aromatic heterocycles. The highest BCUT2D eigenvalue weighted by Crippen LogP contribution is 2.14. The minimum atomic E-state index is -1.34. The SMILES string of the molecule is COC[C@@H](C)NC(=O)[C@H](C#N)C(=O)c1cc(C)cc(C)c1. The molecular formula is C16H20N2O3. The lowest BCUT2D eigenvalue weighted by molar-refractivity contribution is -0.123. The van der Waals surface area contributed by atoms with Crippen LogP contribution in [0.25, 0.3) is 0 Å². The number of hydrogen-bond donors (Lipinski definition) is 1. The largest absolute Gasteiger partial charge is 0.383 e. The first-order valence-electron chi connectivity index (χ1n) is 6.70. The number of hydrogen-bond acceptors (Lipinski definition) is 4. The van der Waals surface area contributed by atoms with Crippen LogP contribution in [0.3, 0.4) is 0 Å². The number of rotatable bonds is 6. The van der Waals surface area contributed by atoms with Gasteiger partial charge in [0.2, 0.25) is 5.91 Å². The van der Waals surface area contributed by atoms with Gasteiger partial charge in [-0.3, -0.25) is 9.59 Å². The molecule has 1 aromatic rings. The monoisotopic (exact) mass is 288 g/mol. The molecule has 0 bridgehead atoms. The maximum Gasteiger partial charge on any atom is 0.245 e. The van der Waals surface area contributed by atoms with Crippen molar-refractivity contribution >= 4 is 11.7 Å². The molecule has 0 radical (unpaired) electrons. The molecule has 0 aliphatic heterocycles. The molecule has 0 saturated heterocycles. The average Bonchev–Trinajstić information content (AvgIpc) is 2.38. The lowest BCUT2D eigenvalue weighted by Crippen LogP contribution is -2.41. The van der Waals surface area contributed by atoms with Gasteiger partial charge in [-0.05, 0) is 32.9 Å². The van der Waals surface area contributed by atoms with E-state index in [0.29, 0.717) is 12.2 Å². The van der Waals surface area contributed by atoms with Crippen LogP contribution in [0.15, 0.2) is 18.2 Å². The van der Waals surface area contributed by atoms with Gasteiger partial charge in [0.15, 0.2) is 11.7 Å². The Morgan fingerprint density at radius 2 is 1.86 bits per heavy atom. The molecule has 2 atom stereocenters. The van der Waals surface area contributed by atoms with Crippen molar-refractivity contribution in [1.29, 1.82) is 5.26 Å². The van der Waals surface area contributed by atoms with Gasteiger partial charge in [-0.15, -0.1) is 0 Å². The van der Waals surface area contributed by atoms with Crippen molar-refractivity contribution in [1.82, 2.24) is 5.32 Å². The number of nitrogens with zero attached hydrogens (tertiary/aromatic N) is 1. The molecule has 21 heavy (non-hydrogen) atoms. The van der Waals surface area contributed by atoms with Gasteiger partial charge in [-0.2, -0.15) is 5.26 Å². The zero-order valence-corrected chi connectivity index (χ0v) is 12.8. The second-order valence-electron chi connectivity index (χ2n) is 5.17. The molecule has 0 saturated carbocycles. The molecule has 1 rings (SSSR count). The molecule has 0 aliphatic rings. The fourth-order valence-corrected chi connectivity index (χ4v) is 2.14. The molecule has 0 unspecified atom stereocenters. The summed E-state index contributed by atoms with van der Waals surface area (Å²) in [7, 11) is 1.52. The van der Waals surface area contributed by atoms with Crippen LogP contribution in [0.1, 0.15) is 28.4 Å². The molecule has 0 fully saturated rings. The molecule has 1 amide bonds. The smallest absolute Gasteiger partial charge is 0.245 e. The predicted octanol–water partition coefficient (Wildman–Crippen LogP) is 1.78. The van der Waals surface area contributed by atoms with E-state index in [9.17, 15) is 9.59 Å². The van der Waals surface area contributed by atoms with E-state index >= 15 is 0 Å². The van der Waals surface area contributed by atoms with Crippen LogP contribution in [0.4, 0.5) is 0 Å². The summed E-state index contributed by atoms with van der Waals surface area (Å²) in [5.74, 6) is -2.41. The fraction of sp³-hybridized carbons (Fsp3) is 0.438. The van der Waals surface area contributed by atoms with E-state index in [4.69, 9.17) is 10.00 Å². The van der Waals surface area contributed by atoms with Crippen LogP contribution in [0.2, 0.25) is 0 Å². The van der Waals surface area contributed by atoms with Crippen molar-refractivity contribution in [3.63, 3.8) is 0 Å². The first kappa shape index (κ1) is 16.9. The van der Waals surface area contributed by atoms with E-state index in [-0.39, 0.29) is 6.04 Å². The van der Waals surface area contributed by atoms with Crippen LogP contribution in [-0.4, -0.2) is 31.4 Å². The quantitative estimate of drug-likeness (QED) is 0.639. The Morgan fingerprint density at radius 3 is 2.33 bits per heavy atom. The standard InChI is InChI=1S/C16H20N2O3/c1-10-5-11(2)7-13(6-10)15(19)14(8-17)16(20)18-12(3)9-21-4/h5-7,12,14H,9H2,1-4H3,(H,18,20)/t12-,14-/m1/s1. The summed E-state index contributed by atoms with van der Waals surface area (Å²) in [6, 6.07) is 6.83. The van der Waals surface area contributed by atoms with Crippen molar-refractivity contribution in [3.8, 4) is 6.07 Å². The van der Waals surface area contributed by atoms with Gasteiger partial charge in [0.1, 0.15) is 0 Å². The number of nitriles is 1. The number of methoxy groups -OCH3 is 1. The maximum absolute atomic E-state index is 12.3. The van der Waals surface area contributed by atoms with Gasteiger partial charge >= 0.3 is 0 Å². The lowest BCUT2D eigenvalue weighted by atomic mass is 9.95. The molecule has 5 heteroatoms. The molecule has 112 valence electrons. The van der Waals surface area contributed by atoms with Gasteiger partial charge in [-0.25, -0.2) is 0 Å². The van der Waals surface area contributed by atoms with Crippen LogP contribution in [0.5, 0.6) is 0 Å². The maximum atomic E-state index is 12.3. The number of amides is 1. The number of carbonyl (C=O) groups is 2. The highest BCUT2D eigenvalue weighted by molar-refractivity contribution is 6.12. The first-order valence-corrected chi connectivity index (χ1v) is 6.70. The number of aryl methyl sites for hydroxylation is 2. The molecule has 1 aromatic carbocycles. The van der Waals surface area contributed by atoms with Crippen LogP contribution in [0, 0.1) is 31.1 Å². The molecule has 5 nitrogen and oxygen atoms in total. The van der Waals surface area contributed by atoms with Crippen LogP contribution >= 0.6 is 0 Å². The zero-order valence-electron chi connectivity index (χ0n) is 12.8. The van der Waals surface area contributed by atoms with Crippen molar-refractivity contribution < 1.29 is 14.3 Å². The predicted molar refractivity (Wildman–Crippen MR) is 78.8 cm³/mol. The number of nitrogens with one attached hydrogen (secondary N) is 1. The van der Waals surface area contributed by atoms with Gasteiger partial charge in [0, 0.05) is 18.7 Å². The number of carbonyl (C=O) groups excluding carboxylic acids is 2. The molecule has 0 aliphatic carbocycles. The first-order chi connectivity index (χ1) is 9.88. The minimum absolute atomic E-state index is 0.259. The normalized spacial score (nSPS) is 13.1. The minimum Gasteiger partial charge on any atom is -0.383 e. The van der Waals surface area contributed by atoms with E-state index < -0.39 is 17.6 Å². The third-order valence-corrected chi connectivity index (χ3v) is 2.97. The molecular weight excluding hydrogens is 268 g/mol. The third-order valence-electron chi connectivity index (χ3n) is 2.97. The lowest BCUT2D eigenvalue weighted by Gasteiger charge is -2.15. The van der Waals surface area contributed by atoms with Crippen molar-refractivity contribution in [2.75, 3.05) is 13.7 Å². The van der Waals surface area contributed by atoms with Gasteiger partial charge in [0.25, 0.3) is 0 Å². The summed E-state index contributed by atoms with van der Waals surface area (Å²) in [6.45, 7) is 5.80. The Hall–Kier alpha value is -2.19. The summed E-state index contributed by atoms with van der Waals surface area (Å²) in [5.41, 5.74) is 2.22. The summed E-state index contributed by atoms with van der Waals surface area (Å²) < 4.78 is 4.91. The number of benzene rings is 1. The number of ether oxygens (including phenoxy) is 1. The fourth-order valence-electron chi connectivity index (χ4n) is 2.14. The van der Waals surface area contributed by atoms with Gasteiger partial charge < -0.3 is 10.1 Å². The van der Waals surface area contributed by atoms with E-state index in [1.54, 1.807) is 25.1 Å². The van der Waals surface area contributed by atoms with Crippen LogP contribution in [-0.2, 0) is 9.53 Å². The van der Waals surface area contributed by atoms with E-state index in [1.165, 1.54) is 7.11 Å². The highest BCUT2D eigenvalue weighted by atomic mass is 16.5. The number of Topliss-reactive ketones (excluding diaryl/α,β-unsaturated/α-hetero) is 1. The molecule has 0 spiro atoms. The van der Waals surface area contributed by atoms with Crippen molar-refractivity contribution in [3.05, 3.63) is 34.9 Å². The topological polar surface area (TPSA) is 79.2 Å². The summed E-state index contributed by atoms with van der Waals surface area (Å²) in [5, 5.41) is 11.8. The van der Waals surface area contributed by atoms with Crippen molar-refractivity contribution in [2.24, 2.45) is 5.92 Å². The summed E-state index contributed by atoms with van der Waals surface area (Å²) in [6.07, 6.45) is 0. The Labute approximate surface area is 124 Å². The van der Waals surface area contributed by atoms with Crippen molar-refractivity contribution in [2.45, 2.75) is 26.8 Å². The summed E-state index contributed by atoms with van der Waals surface area (Å²) in [4.78, 5) is 24.4. The Morgan fingerprint density at radius 1 is 1.29 bits per heavy atom. The number of ketones is 1. The highest BCUT2D eigenvalue weighted by Gasteiger charge is 2.28.